The van der Waals surface area contributed by atoms with E-state index in [-0.39, 0.29) is 97.2 Å². The average Bonchev–Trinajstić information content (AvgIpc) is 1.95. The largest absolute Gasteiger partial charge is 0.491 e. The molecule has 11 rings (SSSR count). The van der Waals surface area contributed by atoms with E-state index >= 15 is 0 Å². The number of benzene rings is 3. The lowest BCUT2D eigenvalue weighted by Gasteiger charge is -2.43. The number of morpholine rings is 2. The lowest BCUT2D eigenvalue weighted by molar-refractivity contribution is -0.121. The fraction of sp³-hybridized carbons (Fsp3) is 0.523. The minimum Gasteiger partial charge on any atom is -0.491 e. The van der Waals surface area contributed by atoms with E-state index in [0.717, 1.165) is 35.6 Å². The number of aromatic nitrogens is 2. The second-order valence-electron chi connectivity index (χ2n) is 25.8. The normalized spacial score (nSPS) is 24.3. The van der Waals surface area contributed by atoms with Crippen molar-refractivity contribution in [1.29, 1.82) is 5.26 Å². The number of H-pyrrole nitrogens is 2. The van der Waals surface area contributed by atoms with Crippen LogP contribution in [0.15, 0.2) is 88.5 Å². The fourth-order valence-electron chi connectivity index (χ4n) is 13.2. The van der Waals surface area contributed by atoms with Crippen molar-refractivity contribution < 1.29 is 37.3 Å². The first-order chi connectivity index (χ1) is 41.2. The summed E-state index contributed by atoms with van der Waals surface area (Å²) in [6, 6.07) is 23.8. The summed E-state index contributed by atoms with van der Waals surface area (Å²) in [5, 5.41) is 17.4. The van der Waals surface area contributed by atoms with Crippen LogP contribution < -0.4 is 41.0 Å². The molecule has 2 unspecified atom stereocenters. The number of carbonyl (C=O) groups is 2. The van der Waals surface area contributed by atoms with Crippen molar-refractivity contribution in [2.24, 2.45) is 0 Å². The number of nitriles is 1. The predicted octanol–water partition coefficient (Wildman–Crippen LogP) is 4.53. The van der Waals surface area contributed by atoms with Gasteiger partial charge in [-0.2, -0.15) is 5.26 Å². The van der Waals surface area contributed by atoms with Gasteiger partial charge in [-0.25, -0.2) is 8.78 Å². The Hall–Kier alpha value is -6.87. The van der Waals surface area contributed by atoms with Crippen molar-refractivity contribution in [1.82, 2.24) is 40.2 Å². The van der Waals surface area contributed by atoms with Crippen LogP contribution in [0, 0.1) is 23.0 Å². The zero-order valence-corrected chi connectivity index (χ0v) is 50.3. The Morgan fingerprint density at radius 2 is 1.09 bits per heavy atom. The Labute approximate surface area is 501 Å². The van der Waals surface area contributed by atoms with Gasteiger partial charge >= 0.3 is 0 Å². The van der Waals surface area contributed by atoms with Gasteiger partial charge in [-0.15, -0.1) is 0 Å². The van der Waals surface area contributed by atoms with Crippen LogP contribution in [0.5, 0.6) is 11.5 Å². The molecule has 6 aliphatic rings. The molecule has 4 fully saturated rings. The van der Waals surface area contributed by atoms with E-state index in [1.54, 1.807) is 42.5 Å². The molecule has 3 aromatic carbocycles. The molecule has 19 nitrogen and oxygen atoms in total. The van der Waals surface area contributed by atoms with Gasteiger partial charge in [-0.05, 0) is 73.5 Å². The number of piperazine rings is 2. The van der Waals surface area contributed by atoms with Gasteiger partial charge in [0, 0.05) is 155 Å². The molecule has 0 aliphatic carbocycles. The van der Waals surface area contributed by atoms with Gasteiger partial charge in [0.25, 0.3) is 11.1 Å². The number of ether oxygens (including phenoxy) is 4. The van der Waals surface area contributed by atoms with E-state index in [9.17, 15) is 33.2 Å². The van der Waals surface area contributed by atoms with Crippen LogP contribution in [0.25, 0.3) is 0 Å². The van der Waals surface area contributed by atoms with Crippen molar-refractivity contribution in [2.45, 2.75) is 102 Å². The highest BCUT2D eigenvalue weighted by Gasteiger charge is 2.43. The second kappa shape index (κ2) is 25.8. The number of pyridine rings is 2. The molecule has 4 saturated heterocycles. The summed E-state index contributed by atoms with van der Waals surface area (Å²) in [6.07, 6.45) is 0.124. The maximum atomic E-state index is 14.4. The molecule has 4 N–H and O–H groups in total. The molecule has 0 saturated carbocycles. The van der Waals surface area contributed by atoms with E-state index in [1.807, 2.05) is 49.6 Å². The highest BCUT2D eigenvalue weighted by molar-refractivity contribution is 5.98. The molecule has 0 bridgehead atoms. The molecule has 21 heteroatoms. The fourth-order valence-corrected chi connectivity index (χ4v) is 13.2. The molecule has 6 atom stereocenters. The van der Waals surface area contributed by atoms with Crippen LogP contribution in [0.1, 0.15) is 80.7 Å². The number of halogens is 2. The number of anilines is 2. The van der Waals surface area contributed by atoms with E-state index < -0.39 is 10.8 Å². The van der Waals surface area contributed by atoms with Gasteiger partial charge < -0.3 is 49.3 Å². The summed E-state index contributed by atoms with van der Waals surface area (Å²) < 4.78 is 52.5. The monoisotopic (exact) mass is 1180 g/mol. The lowest BCUT2D eigenvalue weighted by atomic mass is 9.91. The minimum absolute atomic E-state index is 0.0302. The van der Waals surface area contributed by atoms with Crippen molar-refractivity contribution in [3.05, 3.63) is 150 Å². The predicted molar refractivity (Wildman–Crippen MR) is 323 cm³/mol. The van der Waals surface area contributed by atoms with Crippen LogP contribution >= 0.6 is 0 Å². The number of amides is 2. The number of aromatic amines is 2. The van der Waals surface area contributed by atoms with E-state index in [2.05, 4.69) is 60.1 Å². The van der Waals surface area contributed by atoms with Crippen molar-refractivity contribution >= 4 is 23.2 Å². The highest BCUT2D eigenvalue weighted by Crippen LogP contribution is 2.41. The zero-order chi connectivity index (χ0) is 60.4. The van der Waals surface area contributed by atoms with Gasteiger partial charge in [0.15, 0.2) is 0 Å². The van der Waals surface area contributed by atoms with E-state index in [4.69, 9.17) is 18.9 Å². The molecule has 8 heterocycles. The van der Waals surface area contributed by atoms with Crippen LogP contribution in [-0.4, -0.2) is 196 Å². The van der Waals surface area contributed by atoms with Crippen molar-refractivity contribution in [2.75, 3.05) is 128 Å². The molecule has 5 aromatic rings. The van der Waals surface area contributed by atoms with Crippen molar-refractivity contribution in [3.63, 3.8) is 0 Å². The van der Waals surface area contributed by atoms with E-state index in [0.29, 0.717) is 131 Å². The SMILES string of the molecule is C[C@@H]1CN(CC(=O)N2CC(C)(C)c3[nH]c(=O)c(Cc4ccc(F)cc4)cc32)[C@@H](CN2CCOC(COc3ccc(C#N)c(OCC4CN(C[C@H]5CN[C@H](C)CN5CC(=O)N5CC(C)(C)c6[nH]c(=O)c(Cc7ccc(F)cc7)cc65)CCO4)c3)C2)CN1. The molecule has 458 valence electrons. The molecular formula is C65H81F2N11O8. The number of nitrogens with zero attached hydrogens (tertiary/aromatic N) is 7. The molecule has 6 aliphatic heterocycles. The van der Waals surface area contributed by atoms with Crippen LogP contribution in [0.3, 0.4) is 0 Å². The second-order valence-corrected chi connectivity index (χ2v) is 25.8. The highest BCUT2D eigenvalue weighted by atomic mass is 19.1. The average molecular weight is 1180 g/mol. The number of fused-ring (bicyclic) bond motifs is 2. The van der Waals surface area contributed by atoms with Gasteiger partial charge in [-0.1, -0.05) is 52.0 Å². The topological polar surface area (TPSA) is 204 Å². The third kappa shape index (κ3) is 14.1. The Kier molecular flexibility index (Phi) is 18.3. The lowest BCUT2D eigenvalue weighted by Crippen LogP contribution is -2.61. The Morgan fingerprint density at radius 3 is 1.55 bits per heavy atom. The molecule has 0 spiro atoms. The first-order valence-corrected chi connectivity index (χ1v) is 30.3. The Bertz CT molecular complexity index is 3430. The Balaban J connectivity index is 0.668. The summed E-state index contributed by atoms with van der Waals surface area (Å²) in [5.41, 5.74) is 4.60. The number of rotatable bonds is 18. The van der Waals surface area contributed by atoms with Crippen LogP contribution in [0.2, 0.25) is 0 Å². The number of carbonyl (C=O) groups excluding carboxylic acids is 2. The molecule has 0 radical (unpaired) electrons. The number of nitrogens with one attached hydrogen (secondary N) is 4. The first-order valence-electron chi connectivity index (χ1n) is 30.3. The quantitative estimate of drug-likeness (QED) is 0.0953. The first kappa shape index (κ1) is 60.8. The third-order valence-corrected chi connectivity index (χ3v) is 17.9. The Morgan fingerprint density at radius 1 is 0.640 bits per heavy atom. The van der Waals surface area contributed by atoms with Gasteiger partial charge in [0.2, 0.25) is 11.8 Å². The van der Waals surface area contributed by atoms with Gasteiger partial charge in [-0.3, -0.25) is 38.8 Å². The summed E-state index contributed by atoms with van der Waals surface area (Å²) in [5.74, 6) is 0.203. The summed E-state index contributed by atoms with van der Waals surface area (Å²) >= 11 is 0. The summed E-state index contributed by atoms with van der Waals surface area (Å²) in [7, 11) is 0. The summed E-state index contributed by atoms with van der Waals surface area (Å²) in [6.45, 7) is 22.1. The maximum Gasteiger partial charge on any atom is 0.251 e. The number of hydrogen-bond acceptors (Lipinski definition) is 15. The van der Waals surface area contributed by atoms with Gasteiger partial charge in [0.05, 0.1) is 43.2 Å². The molecule has 86 heavy (non-hydrogen) atoms. The van der Waals surface area contributed by atoms with Crippen LogP contribution in [0.4, 0.5) is 20.2 Å². The maximum absolute atomic E-state index is 14.4. The van der Waals surface area contributed by atoms with Crippen LogP contribution in [-0.2, 0) is 42.7 Å². The third-order valence-electron chi connectivity index (χ3n) is 17.9. The van der Waals surface area contributed by atoms with Gasteiger partial charge in [0.1, 0.15) is 54.6 Å². The minimum atomic E-state index is -0.462. The summed E-state index contributed by atoms with van der Waals surface area (Å²) in [4.78, 5) is 74.6. The molecule has 2 aromatic heterocycles. The zero-order valence-electron chi connectivity index (χ0n) is 50.3. The molecular weight excluding hydrogens is 1100 g/mol. The standard InChI is InChI=1S/C65H81F2N11O8/c1-41-29-75(35-58(79)77-39-64(3,4)60-55(77)23-46(62(81)71-60)21-43-7-12-48(66)13-8-43)50(27-69-41)31-73-17-19-83-53(33-73)37-85-52-16-11-45(26-68)57(25-52)86-38-54-34-74(18-20-84-54)32-51-28-70-42(2)30-76(51)36-59(80)78-40-65(5,6)61-56(78)24-47(63(82)72-61)22-44-9-14-49(67)15-10-44/h7-16,23-25,41-42,50-51,53-54,69-70H,17-22,27-40H2,1-6H3,(H,71,81)(H,72,82)/t41-,42-,50-,51-,53?,54?/m1/s1. The smallest absolute Gasteiger partial charge is 0.251 e. The molecule has 2 amide bonds. The van der Waals surface area contributed by atoms with E-state index in [1.165, 1.54) is 24.3 Å². The number of hydrogen-bond donors (Lipinski definition) is 4. The van der Waals surface area contributed by atoms with Crippen molar-refractivity contribution in [3.8, 4) is 17.6 Å².